The zero-order chi connectivity index (χ0) is 18.8. The average Bonchev–Trinajstić information content (AvgIpc) is 3.37. The van der Waals surface area contributed by atoms with E-state index in [2.05, 4.69) is 4.98 Å². The summed E-state index contributed by atoms with van der Waals surface area (Å²) in [6.45, 7) is 0.778. The number of imidazole rings is 1. The van der Waals surface area contributed by atoms with Gasteiger partial charge in [-0.15, -0.1) is 0 Å². The average molecular weight is 379 g/mol. The molecule has 3 aromatic rings. The highest BCUT2D eigenvalue weighted by Crippen LogP contribution is 2.34. The summed E-state index contributed by atoms with van der Waals surface area (Å²) < 4.78 is 7.74. The van der Waals surface area contributed by atoms with Gasteiger partial charge in [0.05, 0.1) is 13.2 Å². The molecule has 1 aliphatic heterocycles. The lowest BCUT2D eigenvalue weighted by molar-refractivity contribution is 0.0735. The Labute approximate surface area is 163 Å². The number of hydrogen-bond donors (Lipinski definition) is 1. The SMILES string of the molecule is COc1ccc([C@H]2CCCN2C(=O)c2ccc(-n3cc[nH]c3=S)cc2)cc1. The number of methoxy groups -OCH3 is 1. The first-order valence-corrected chi connectivity index (χ1v) is 9.39. The predicted molar refractivity (Wildman–Crippen MR) is 107 cm³/mol. The monoisotopic (exact) mass is 379 g/mol. The van der Waals surface area contributed by atoms with Crippen LogP contribution in [0.2, 0.25) is 0 Å². The van der Waals surface area contributed by atoms with Crippen LogP contribution in [0.15, 0.2) is 60.9 Å². The van der Waals surface area contributed by atoms with Crippen molar-refractivity contribution in [2.75, 3.05) is 13.7 Å². The van der Waals surface area contributed by atoms with Crippen molar-refractivity contribution in [2.45, 2.75) is 18.9 Å². The fourth-order valence-electron chi connectivity index (χ4n) is 3.64. The van der Waals surface area contributed by atoms with Gasteiger partial charge in [0.2, 0.25) is 0 Å². The Hall–Kier alpha value is -2.86. The molecule has 138 valence electrons. The number of benzene rings is 2. The number of amides is 1. The van der Waals surface area contributed by atoms with Crippen LogP contribution in [-0.4, -0.2) is 34.0 Å². The van der Waals surface area contributed by atoms with E-state index in [1.54, 1.807) is 13.3 Å². The van der Waals surface area contributed by atoms with Crippen molar-refractivity contribution in [1.29, 1.82) is 0 Å². The number of carbonyl (C=O) groups excluding carboxylic acids is 1. The molecule has 1 fully saturated rings. The molecule has 4 rings (SSSR count). The quantitative estimate of drug-likeness (QED) is 0.678. The van der Waals surface area contributed by atoms with Gasteiger partial charge >= 0.3 is 0 Å². The van der Waals surface area contributed by atoms with Crippen LogP contribution >= 0.6 is 12.2 Å². The zero-order valence-corrected chi connectivity index (χ0v) is 15.9. The van der Waals surface area contributed by atoms with Crippen molar-refractivity contribution < 1.29 is 9.53 Å². The van der Waals surface area contributed by atoms with Gasteiger partial charge in [-0.2, -0.15) is 0 Å². The molecule has 0 saturated carbocycles. The van der Waals surface area contributed by atoms with Crippen molar-refractivity contribution in [3.63, 3.8) is 0 Å². The topological polar surface area (TPSA) is 50.3 Å². The highest BCUT2D eigenvalue weighted by atomic mass is 32.1. The highest BCUT2D eigenvalue weighted by molar-refractivity contribution is 7.71. The van der Waals surface area contributed by atoms with Crippen molar-refractivity contribution in [3.8, 4) is 11.4 Å². The van der Waals surface area contributed by atoms with Gasteiger partial charge in [0.25, 0.3) is 5.91 Å². The van der Waals surface area contributed by atoms with E-state index in [1.165, 1.54) is 0 Å². The second-order valence-electron chi connectivity index (χ2n) is 6.61. The molecular weight excluding hydrogens is 358 g/mol. The molecule has 1 amide bonds. The number of nitrogens with one attached hydrogen (secondary N) is 1. The zero-order valence-electron chi connectivity index (χ0n) is 15.1. The van der Waals surface area contributed by atoms with Crippen molar-refractivity contribution >= 4 is 18.1 Å². The number of likely N-dealkylation sites (tertiary alicyclic amines) is 1. The third-order valence-corrected chi connectivity index (χ3v) is 5.37. The molecular formula is C21H21N3O2S. The molecule has 0 spiro atoms. The lowest BCUT2D eigenvalue weighted by atomic mass is 10.0. The minimum absolute atomic E-state index is 0.0672. The van der Waals surface area contributed by atoms with Gasteiger partial charge in [0.15, 0.2) is 4.77 Å². The molecule has 0 bridgehead atoms. The second kappa shape index (κ2) is 7.40. The Bertz CT molecular complexity index is 989. The van der Waals surface area contributed by atoms with Crippen LogP contribution < -0.4 is 4.74 Å². The number of nitrogens with zero attached hydrogens (tertiary/aromatic N) is 2. The van der Waals surface area contributed by atoms with Gasteiger partial charge < -0.3 is 14.6 Å². The van der Waals surface area contributed by atoms with E-state index < -0.39 is 0 Å². The minimum Gasteiger partial charge on any atom is -0.497 e. The van der Waals surface area contributed by atoms with Gasteiger partial charge in [-0.3, -0.25) is 9.36 Å². The molecule has 1 aliphatic rings. The number of aromatic amines is 1. The van der Waals surface area contributed by atoms with Crippen LogP contribution in [0.4, 0.5) is 0 Å². The molecule has 1 aromatic heterocycles. The fraction of sp³-hybridized carbons (Fsp3) is 0.238. The Balaban J connectivity index is 1.56. The van der Waals surface area contributed by atoms with Gasteiger partial charge in [-0.05, 0) is 67.0 Å². The fourth-order valence-corrected chi connectivity index (χ4v) is 3.87. The molecule has 0 unspecified atom stereocenters. The first-order valence-electron chi connectivity index (χ1n) is 8.99. The maximum absolute atomic E-state index is 13.1. The van der Waals surface area contributed by atoms with Crippen molar-refractivity contribution in [2.24, 2.45) is 0 Å². The van der Waals surface area contributed by atoms with Crippen LogP contribution in [0.1, 0.15) is 34.8 Å². The standard InChI is InChI=1S/C21H21N3O2S/c1-26-18-10-6-15(7-11-18)19-3-2-13-24(19)20(25)16-4-8-17(9-5-16)23-14-12-22-21(23)27/h4-12,14,19H,2-3,13H2,1H3,(H,22,27)/t19-/m1/s1. The Morgan fingerprint density at radius 3 is 2.52 bits per heavy atom. The summed E-state index contributed by atoms with van der Waals surface area (Å²) in [5.74, 6) is 0.895. The summed E-state index contributed by atoms with van der Waals surface area (Å²) in [5, 5.41) is 0. The molecule has 0 aliphatic carbocycles. The normalized spacial score (nSPS) is 16.5. The van der Waals surface area contributed by atoms with E-state index in [0.717, 1.165) is 36.4 Å². The highest BCUT2D eigenvalue weighted by Gasteiger charge is 2.30. The van der Waals surface area contributed by atoms with Crippen LogP contribution in [0.3, 0.4) is 0 Å². The third-order valence-electron chi connectivity index (χ3n) is 5.06. The summed E-state index contributed by atoms with van der Waals surface area (Å²) in [7, 11) is 1.66. The third kappa shape index (κ3) is 3.40. The maximum atomic E-state index is 13.1. The summed E-state index contributed by atoms with van der Waals surface area (Å²) in [6, 6.07) is 15.7. The largest absolute Gasteiger partial charge is 0.497 e. The van der Waals surface area contributed by atoms with Crippen LogP contribution in [0.25, 0.3) is 5.69 Å². The predicted octanol–water partition coefficient (Wildman–Crippen LogP) is 4.52. The molecule has 1 atom stereocenters. The Morgan fingerprint density at radius 2 is 1.89 bits per heavy atom. The number of rotatable bonds is 4. The smallest absolute Gasteiger partial charge is 0.254 e. The van der Waals surface area contributed by atoms with Crippen molar-refractivity contribution in [3.05, 3.63) is 76.8 Å². The number of carbonyl (C=O) groups is 1. The van der Waals surface area contributed by atoms with Crippen LogP contribution in [0, 0.1) is 4.77 Å². The number of H-pyrrole nitrogens is 1. The van der Waals surface area contributed by atoms with Gasteiger partial charge in [0.1, 0.15) is 5.75 Å². The number of aromatic nitrogens is 2. The number of ether oxygens (including phenoxy) is 1. The molecule has 5 nitrogen and oxygen atoms in total. The molecule has 2 heterocycles. The second-order valence-corrected chi connectivity index (χ2v) is 7.00. The summed E-state index contributed by atoms with van der Waals surface area (Å²) >= 11 is 5.25. The van der Waals surface area contributed by atoms with Crippen LogP contribution in [-0.2, 0) is 0 Å². The minimum atomic E-state index is 0.0672. The van der Waals surface area contributed by atoms with Gasteiger partial charge in [-0.25, -0.2) is 0 Å². The van der Waals surface area contributed by atoms with Crippen molar-refractivity contribution in [1.82, 2.24) is 14.5 Å². The van der Waals surface area contributed by atoms with E-state index >= 15 is 0 Å². The molecule has 6 heteroatoms. The lowest BCUT2D eigenvalue weighted by Gasteiger charge is -2.25. The Kier molecular flexibility index (Phi) is 4.81. The number of hydrogen-bond acceptors (Lipinski definition) is 3. The molecule has 2 aromatic carbocycles. The van der Waals surface area contributed by atoms with Crippen LogP contribution in [0.5, 0.6) is 5.75 Å². The van der Waals surface area contributed by atoms with E-state index in [-0.39, 0.29) is 11.9 Å². The molecule has 1 N–H and O–H groups in total. The first kappa shape index (κ1) is 17.5. The molecule has 27 heavy (non-hydrogen) atoms. The van der Waals surface area contributed by atoms with Gasteiger partial charge in [-0.1, -0.05) is 12.1 Å². The van der Waals surface area contributed by atoms with E-state index in [1.807, 2.05) is 64.2 Å². The van der Waals surface area contributed by atoms with E-state index in [4.69, 9.17) is 17.0 Å². The molecule has 0 radical (unpaired) electrons. The van der Waals surface area contributed by atoms with Gasteiger partial charge in [0, 0.05) is 30.2 Å². The summed E-state index contributed by atoms with van der Waals surface area (Å²) in [5.41, 5.74) is 2.78. The first-order chi connectivity index (χ1) is 13.2. The maximum Gasteiger partial charge on any atom is 0.254 e. The Morgan fingerprint density at radius 1 is 1.15 bits per heavy atom. The summed E-state index contributed by atoms with van der Waals surface area (Å²) in [4.78, 5) is 18.0. The van der Waals surface area contributed by atoms with E-state index in [0.29, 0.717) is 10.3 Å². The molecule has 1 saturated heterocycles. The van der Waals surface area contributed by atoms with E-state index in [9.17, 15) is 4.79 Å². The lowest BCUT2D eigenvalue weighted by Crippen LogP contribution is -2.30. The summed E-state index contributed by atoms with van der Waals surface area (Å²) in [6.07, 6.45) is 5.66.